The molecule has 11 heteroatoms. The average Bonchev–Trinajstić information content (AvgIpc) is 2.73. The van der Waals surface area contributed by atoms with E-state index in [2.05, 4.69) is 36.2 Å². The number of amides is 2. The number of carbonyl (C=O) groups excluding carboxylic acids is 1. The van der Waals surface area contributed by atoms with Gasteiger partial charge in [0.2, 0.25) is 0 Å². The van der Waals surface area contributed by atoms with Gasteiger partial charge in [0.15, 0.2) is 17.5 Å². The average molecular weight is 403 g/mol. The molecule has 4 N–H and O–H groups in total. The van der Waals surface area contributed by atoms with Gasteiger partial charge in [-0.1, -0.05) is 6.07 Å². The Morgan fingerprint density at radius 3 is 2.52 bits per heavy atom. The van der Waals surface area contributed by atoms with Crippen molar-refractivity contribution in [3.63, 3.8) is 0 Å². The van der Waals surface area contributed by atoms with Crippen LogP contribution < -0.4 is 21.3 Å². The lowest BCUT2D eigenvalue weighted by molar-refractivity contribution is 0.252. The molecule has 8 nitrogen and oxygen atoms in total. The SMILES string of the molecule is O=C(NCCNc1cc(Nc2ccccn2)ncn1)Nc1ccc(F)c(F)c1F. The van der Waals surface area contributed by atoms with E-state index in [1.165, 1.54) is 6.33 Å². The first-order valence-electron chi connectivity index (χ1n) is 8.45. The first kappa shape index (κ1) is 19.9. The van der Waals surface area contributed by atoms with Crippen molar-refractivity contribution in [2.75, 3.05) is 29.0 Å². The van der Waals surface area contributed by atoms with E-state index in [0.29, 0.717) is 24.0 Å². The molecule has 0 aliphatic rings. The Morgan fingerprint density at radius 2 is 1.72 bits per heavy atom. The van der Waals surface area contributed by atoms with Gasteiger partial charge in [-0.25, -0.2) is 32.9 Å². The molecule has 0 bridgehead atoms. The number of aromatic nitrogens is 3. The summed E-state index contributed by atoms with van der Waals surface area (Å²) in [5.74, 6) is -2.79. The van der Waals surface area contributed by atoms with Gasteiger partial charge in [0.25, 0.3) is 0 Å². The summed E-state index contributed by atoms with van der Waals surface area (Å²) < 4.78 is 39.6. The number of nitrogens with zero attached hydrogens (tertiary/aromatic N) is 3. The zero-order valence-electron chi connectivity index (χ0n) is 14.9. The summed E-state index contributed by atoms with van der Waals surface area (Å²) in [6.07, 6.45) is 3.01. The Bertz CT molecular complexity index is 988. The number of rotatable bonds is 7. The van der Waals surface area contributed by atoms with Gasteiger partial charge in [-0.15, -0.1) is 0 Å². The fourth-order valence-electron chi connectivity index (χ4n) is 2.25. The third-order valence-corrected chi connectivity index (χ3v) is 3.59. The predicted molar refractivity (Wildman–Crippen MR) is 101 cm³/mol. The van der Waals surface area contributed by atoms with Gasteiger partial charge in [0, 0.05) is 25.4 Å². The molecule has 0 saturated heterocycles. The molecule has 3 rings (SSSR count). The minimum atomic E-state index is -1.65. The molecule has 2 amide bonds. The smallest absolute Gasteiger partial charge is 0.319 e. The summed E-state index contributed by atoms with van der Waals surface area (Å²) in [5.41, 5.74) is -0.463. The Hall–Kier alpha value is -3.89. The Kier molecular flexibility index (Phi) is 6.40. The van der Waals surface area contributed by atoms with Crippen LogP contribution in [0.15, 0.2) is 48.9 Å². The van der Waals surface area contributed by atoms with E-state index in [4.69, 9.17) is 0 Å². The second kappa shape index (κ2) is 9.35. The third-order valence-electron chi connectivity index (χ3n) is 3.59. The van der Waals surface area contributed by atoms with E-state index >= 15 is 0 Å². The molecule has 150 valence electrons. The van der Waals surface area contributed by atoms with Crippen LogP contribution in [0, 0.1) is 17.5 Å². The number of pyridine rings is 1. The molecule has 0 aliphatic carbocycles. The molecule has 2 heterocycles. The highest BCUT2D eigenvalue weighted by Gasteiger charge is 2.14. The van der Waals surface area contributed by atoms with E-state index in [-0.39, 0.29) is 6.54 Å². The fraction of sp³-hybridized carbons (Fsp3) is 0.111. The minimum absolute atomic E-state index is 0.157. The second-order valence-corrected chi connectivity index (χ2v) is 5.66. The van der Waals surface area contributed by atoms with Gasteiger partial charge in [-0.3, -0.25) is 0 Å². The van der Waals surface area contributed by atoms with Crippen LogP contribution in [0.4, 0.5) is 41.1 Å². The number of anilines is 4. The fourth-order valence-corrected chi connectivity index (χ4v) is 2.25. The maximum Gasteiger partial charge on any atom is 0.319 e. The minimum Gasteiger partial charge on any atom is -0.368 e. The van der Waals surface area contributed by atoms with Crippen LogP contribution in [0.3, 0.4) is 0 Å². The van der Waals surface area contributed by atoms with Crippen LogP contribution in [0.5, 0.6) is 0 Å². The van der Waals surface area contributed by atoms with Crippen molar-refractivity contribution in [2.45, 2.75) is 0 Å². The standard InChI is InChI=1S/C18H16F3N7O/c19-11-4-5-12(17(21)16(11)20)27-18(29)24-8-7-23-14-9-15(26-10-25-14)28-13-3-1-2-6-22-13/h1-6,9-10H,7-8H2,(H2,24,27,29)(H2,22,23,25,26,28). The van der Waals surface area contributed by atoms with E-state index in [9.17, 15) is 18.0 Å². The van der Waals surface area contributed by atoms with E-state index in [1.807, 2.05) is 6.07 Å². The first-order chi connectivity index (χ1) is 14.0. The lowest BCUT2D eigenvalue weighted by Gasteiger charge is -2.10. The number of nitrogens with one attached hydrogen (secondary N) is 4. The summed E-state index contributed by atoms with van der Waals surface area (Å²) in [5, 5.41) is 10.6. The first-order valence-corrected chi connectivity index (χ1v) is 8.45. The lowest BCUT2D eigenvalue weighted by Crippen LogP contribution is -2.33. The van der Waals surface area contributed by atoms with Crippen LogP contribution in [0.2, 0.25) is 0 Å². The highest BCUT2D eigenvalue weighted by atomic mass is 19.2. The van der Waals surface area contributed by atoms with Gasteiger partial charge in [-0.2, -0.15) is 0 Å². The maximum atomic E-state index is 13.5. The number of hydrogen-bond donors (Lipinski definition) is 4. The highest BCUT2D eigenvalue weighted by molar-refractivity contribution is 5.89. The van der Waals surface area contributed by atoms with Crippen molar-refractivity contribution in [1.82, 2.24) is 20.3 Å². The molecule has 3 aromatic rings. The van der Waals surface area contributed by atoms with Crippen molar-refractivity contribution in [2.24, 2.45) is 0 Å². The van der Waals surface area contributed by atoms with Gasteiger partial charge in [0.1, 0.15) is 23.8 Å². The van der Waals surface area contributed by atoms with Gasteiger partial charge in [0.05, 0.1) is 5.69 Å². The topological polar surface area (TPSA) is 104 Å². The zero-order chi connectivity index (χ0) is 20.6. The molecule has 0 unspecified atom stereocenters. The van der Waals surface area contributed by atoms with Crippen molar-refractivity contribution in [3.05, 3.63) is 66.4 Å². The number of halogens is 3. The van der Waals surface area contributed by atoms with Crippen LogP contribution in [0.25, 0.3) is 0 Å². The van der Waals surface area contributed by atoms with Crippen LogP contribution in [0.1, 0.15) is 0 Å². The lowest BCUT2D eigenvalue weighted by atomic mass is 10.3. The maximum absolute atomic E-state index is 13.5. The molecule has 1 aromatic carbocycles. The van der Waals surface area contributed by atoms with Crippen LogP contribution >= 0.6 is 0 Å². The molecule has 2 aromatic heterocycles. The molecule has 29 heavy (non-hydrogen) atoms. The molecule has 0 atom stereocenters. The molecule has 0 fully saturated rings. The normalized spacial score (nSPS) is 10.3. The summed E-state index contributed by atoms with van der Waals surface area (Å²) >= 11 is 0. The van der Waals surface area contributed by atoms with Gasteiger partial charge in [-0.05, 0) is 24.3 Å². The Morgan fingerprint density at radius 1 is 0.897 bits per heavy atom. The van der Waals surface area contributed by atoms with Gasteiger partial charge < -0.3 is 21.3 Å². The second-order valence-electron chi connectivity index (χ2n) is 5.66. The number of urea groups is 1. The van der Waals surface area contributed by atoms with E-state index in [0.717, 1.165) is 12.1 Å². The van der Waals surface area contributed by atoms with E-state index in [1.54, 1.807) is 24.4 Å². The molecule has 0 radical (unpaired) electrons. The molecular formula is C18H16F3N7O. The van der Waals surface area contributed by atoms with Crippen molar-refractivity contribution >= 4 is 29.2 Å². The summed E-state index contributed by atoms with van der Waals surface area (Å²) in [6, 6.07) is 7.96. The predicted octanol–water partition coefficient (Wildman–Crippen LogP) is 3.27. The molecule has 0 aliphatic heterocycles. The summed E-state index contributed by atoms with van der Waals surface area (Å²) in [6.45, 7) is 0.456. The Balaban J connectivity index is 1.45. The number of benzene rings is 1. The highest BCUT2D eigenvalue weighted by Crippen LogP contribution is 2.19. The molecule has 0 spiro atoms. The number of hydrogen-bond acceptors (Lipinski definition) is 6. The quantitative estimate of drug-likeness (QED) is 0.357. The van der Waals surface area contributed by atoms with Crippen molar-refractivity contribution < 1.29 is 18.0 Å². The largest absolute Gasteiger partial charge is 0.368 e. The molecule has 0 saturated carbocycles. The number of carbonyl (C=O) groups is 1. The monoisotopic (exact) mass is 403 g/mol. The summed E-state index contributed by atoms with van der Waals surface area (Å²) in [7, 11) is 0. The van der Waals surface area contributed by atoms with Crippen molar-refractivity contribution in [3.8, 4) is 0 Å². The van der Waals surface area contributed by atoms with Crippen LogP contribution in [-0.4, -0.2) is 34.1 Å². The third kappa shape index (κ3) is 5.54. The van der Waals surface area contributed by atoms with E-state index < -0.39 is 29.2 Å². The summed E-state index contributed by atoms with van der Waals surface area (Å²) in [4.78, 5) is 24.0. The Labute approximate surface area is 163 Å². The van der Waals surface area contributed by atoms with Crippen molar-refractivity contribution in [1.29, 1.82) is 0 Å². The van der Waals surface area contributed by atoms with Gasteiger partial charge >= 0.3 is 6.03 Å². The zero-order valence-corrected chi connectivity index (χ0v) is 14.9. The van der Waals surface area contributed by atoms with Crippen LogP contribution in [-0.2, 0) is 0 Å². The molecular weight excluding hydrogens is 387 g/mol.